The van der Waals surface area contributed by atoms with Gasteiger partial charge in [0, 0.05) is 13.0 Å². The van der Waals surface area contributed by atoms with Gasteiger partial charge in [-0.1, -0.05) is 39.0 Å². The molecule has 0 spiro atoms. The summed E-state index contributed by atoms with van der Waals surface area (Å²) in [6.07, 6.45) is 0.946. The molecule has 102 valence electrons. The highest BCUT2D eigenvalue weighted by Crippen LogP contribution is 2.36. The molecular formula is C15H26O2Si. The van der Waals surface area contributed by atoms with Crippen LogP contribution in [0.15, 0.2) is 30.3 Å². The van der Waals surface area contributed by atoms with Gasteiger partial charge in [-0.05, 0) is 30.3 Å². The van der Waals surface area contributed by atoms with E-state index >= 15 is 0 Å². The van der Waals surface area contributed by atoms with Crippen molar-refractivity contribution in [1.82, 2.24) is 0 Å². The summed E-state index contributed by atoms with van der Waals surface area (Å²) in [5.74, 6) is 0.935. The Bertz CT molecular complexity index is 341. The summed E-state index contributed by atoms with van der Waals surface area (Å²) in [5, 5.41) is 0.285. The summed E-state index contributed by atoms with van der Waals surface area (Å²) in [7, 11) is -1.59. The van der Waals surface area contributed by atoms with Crippen molar-refractivity contribution in [3.05, 3.63) is 30.3 Å². The van der Waals surface area contributed by atoms with Gasteiger partial charge in [-0.3, -0.25) is 0 Å². The highest BCUT2D eigenvalue weighted by Gasteiger charge is 2.36. The van der Waals surface area contributed by atoms with Gasteiger partial charge < -0.3 is 9.16 Å². The molecule has 0 aromatic heterocycles. The van der Waals surface area contributed by atoms with Crippen LogP contribution in [0.5, 0.6) is 5.75 Å². The molecule has 0 aliphatic rings. The fourth-order valence-corrected chi connectivity index (χ4v) is 2.40. The van der Waals surface area contributed by atoms with Crippen molar-refractivity contribution in [1.29, 1.82) is 0 Å². The minimum atomic E-state index is -1.59. The smallest absolute Gasteiger partial charge is 0.191 e. The Balaban J connectivity index is 2.20. The van der Waals surface area contributed by atoms with Crippen LogP contribution in [-0.4, -0.2) is 21.5 Å². The lowest BCUT2D eigenvalue weighted by Crippen LogP contribution is -2.41. The largest absolute Gasteiger partial charge is 0.494 e. The highest BCUT2D eigenvalue weighted by molar-refractivity contribution is 6.74. The second-order valence-corrected chi connectivity index (χ2v) is 10.9. The minimum absolute atomic E-state index is 0.285. The molecule has 0 fully saturated rings. The SMILES string of the molecule is CC(C)(C)[Si](C)(C)OCCCOc1ccccc1. The fourth-order valence-electron chi connectivity index (χ4n) is 1.31. The molecular weight excluding hydrogens is 240 g/mol. The van der Waals surface area contributed by atoms with E-state index in [4.69, 9.17) is 9.16 Å². The van der Waals surface area contributed by atoms with Gasteiger partial charge in [0.05, 0.1) is 6.61 Å². The maximum Gasteiger partial charge on any atom is 0.191 e. The van der Waals surface area contributed by atoms with E-state index in [0.717, 1.165) is 25.4 Å². The molecule has 3 heteroatoms. The van der Waals surface area contributed by atoms with Gasteiger partial charge in [-0.15, -0.1) is 0 Å². The Hall–Kier alpha value is -0.803. The summed E-state index contributed by atoms with van der Waals surface area (Å²) in [4.78, 5) is 0. The summed E-state index contributed by atoms with van der Waals surface area (Å²) in [6, 6.07) is 9.93. The van der Waals surface area contributed by atoms with Crippen molar-refractivity contribution < 1.29 is 9.16 Å². The Morgan fingerprint density at radius 1 is 1.00 bits per heavy atom. The van der Waals surface area contributed by atoms with E-state index in [2.05, 4.69) is 33.9 Å². The van der Waals surface area contributed by atoms with Crippen LogP contribution in [0.2, 0.25) is 18.1 Å². The van der Waals surface area contributed by atoms with Crippen LogP contribution < -0.4 is 4.74 Å². The van der Waals surface area contributed by atoms with E-state index in [1.54, 1.807) is 0 Å². The van der Waals surface area contributed by atoms with Gasteiger partial charge >= 0.3 is 0 Å². The first-order chi connectivity index (χ1) is 8.33. The molecule has 0 amide bonds. The minimum Gasteiger partial charge on any atom is -0.494 e. The van der Waals surface area contributed by atoms with Gasteiger partial charge in [0.15, 0.2) is 8.32 Å². The lowest BCUT2D eigenvalue weighted by Gasteiger charge is -2.36. The summed E-state index contributed by atoms with van der Waals surface area (Å²) < 4.78 is 11.7. The number of para-hydroxylation sites is 1. The second kappa shape index (κ2) is 6.39. The van der Waals surface area contributed by atoms with Crippen molar-refractivity contribution >= 4 is 8.32 Å². The second-order valence-electron chi connectivity index (χ2n) is 6.12. The lowest BCUT2D eigenvalue weighted by atomic mass is 10.2. The van der Waals surface area contributed by atoms with E-state index in [1.807, 2.05) is 30.3 Å². The third-order valence-corrected chi connectivity index (χ3v) is 8.11. The molecule has 0 aliphatic carbocycles. The van der Waals surface area contributed by atoms with E-state index in [1.165, 1.54) is 0 Å². The molecule has 0 N–H and O–H groups in total. The van der Waals surface area contributed by atoms with Crippen LogP contribution in [0.3, 0.4) is 0 Å². The number of hydrogen-bond acceptors (Lipinski definition) is 2. The maximum absolute atomic E-state index is 6.09. The Kier molecular flexibility index (Phi) is 5.41. The van der Waals surface area contributed by atoms with Gasteiger partial charge in [-0.25, -0.2) is 0 Å². The Labute approximate surface area is 112 Å². The summed E-state index contributed by atoms with van der Waals surface area (Å²) in [5.41, 5.74) is 0. The molecule has 1 aromatic carbocycles. The average Bonchev–Trinajstić information content (AvgIpc) is 2.28. The molecule has 2 nitrogen and oxygen atoms in total. The normalized spacial score (nSPS) is 12.5. The fraction of sp³-hybridized carbons (Fsp3) is 0.600. The molecule has 0 saturated carbocycles. The zero-order valence-electron chi connectivity index (χ0n) is 12.3. The van der Waals surface area contributed by atoms with Gasteiger partial charge in [0.1, 0.15) is 5.75 Å². The van der Waals surface area contributed by atoms with Crippen LogP contribution in [0, 0.1) is 0 Å². The van der Waals surface area contributed by atoms with Gasteiger partial charge in [0.2, 0.25) is 0 Å². The van der Waals surface area contributed by atoms with Crippen molar-refractivity contribution in [3.8, 4) is 5.75 Å². The molecule has 1 aromatic rings. The van der Waals surface area contributed by atoms with E-state index in [9.17, 15) is 0 Å². The molecule has 0 radical (unpaired) electrons. The number of hydrogen-bond donors (Lipinski definition) is 0. The van der Waals surface area contributed by atoms with Crippen molar-refractivity contribution in [3.63, 3.8) is 0 Å². The third-order valence-electron chi connectivity index (χ3n) is 3.57. The zero-order chi connectivity index (χ0) is 13.6. The quantitative estimate of drug-likeness (QED) is 0.558. The molecule has 1 rings (SSSR count). The zero-order valence-corrected chi connectivity index (χ0v) is 13.3. The van der Waals surface area contributed by atoms with E-state index < -0.39 is 8.32 Å². The topological polar surface area (TPSA) is 18.5 Å². The first kappa shape index (κ1) is 15.3. The van der Waals surface area contributed by atoms with Crippen LogP contribution >= 0.6 is 0 Å². The first-order valence-corrected chi connectivity index (χ1v) is 9.55. The van der Waals surface area contributed by atoms with Gasteiger partial charge in [-0.2, -0.15) is 0 Å². The van der Waals surface area contributed by atoms with Crippen LogP contribution in [-0.2, 0) is 4.43 Å². The van der Waals surface area contributed by atoms with Crippen LogP contribution in [0.1, 0.15) is 27.2 Å². The number of rotatable bonds is 6. The maximum atomic E-state index is 6.09. The third kappa shape index (κ3) is 4.82. The Morgan fingerprint density at radius 3 is 2.17 bits per heavy atom. The summed E-state index contributed by atoms with van der Waals surface area (Å²) in [6.45, 7) is 12.9. The Morgan fingerprint density at radius 2 is 1.61 bits per heavy atom. The number of ether oxygens (including phenoxy) is 1. The van der Waals surface area contributed by atoms with Gasteiger partial charge in [0.25, 0.3) is 0 Å². The average molecular weight is 266 g/mol. The molecule has 0 heterocycles. The monoisotopic (exact) mass is 266 g/mol. The molecule has 18 heavy (non-hydrogen) atoms. The standard InChI is InChI=1S/C15H26O2Si/c1-15(2,3)18(4,5)17-13-9-12-16-14-10-7-6-8-11-14/h6-8,10-11H,9,12-13H2,1-5H3. The van der Waals surface area contributed by atoms with E-state index in [0.29, 0.717) is 0 Å². The van der Waals surface area contributed by atoms with E-state index in [-0.39, 0.29) is 5.04 Å². The first-order valence-electron chi connectivity index (χ1n) is 6.65. The lowest BCUT2D eigenvalue weighted by molar-refractivity contribution is 0.234. The van der Waals surface area contributed by atoms with Crippen molar-refractivity contribution in [2.45, 2.75) is 45.3 Å². The molecule has 0 atom stereocenters. The van der Waals surface area contributed by atoms with Crippen molar-refractivity contribution in [2.24, 2.45) is 0 Å². The molecule has 0 aliphatic heterocycles. The van der Waals surface area contributed by atoms with Crippen molar-refractivity contribution in [2.75, 3.05) is 13.2 Å². The van der Waals surface area contributed by atoms with Crippen LogP contribution in [0.25, 0.3) is 0 Å². The number of benzene rings is 1. The molecule has 0 saturated heterocycles. The van der Waals surface area contributed by atoms with Crippen LogP contribution in [0.4, 0.5) is 0 Å². The highest BCUT2D eigenvalue weighted by atomic mass is 28.4. The molecule has 0 unspecified atom stereocenters. The molecule has 0 bridgehead atoms. The predicted molar refractivity (Wildman–Crippen MR) is 79.7 cm³/mol. The summed E-state index contributed by atoms with van der Waals surface area (Å²) >= 11 is 0. The predicted octanol–water partition coefficient (Wildman–Crippen LogP) is 4.48.